The maximum Gasteiger partial charge on any atom is 0.191 e. The van der Waals surface area contributed by atoms with E-state index in [0.29, 0.717) is 6.04 Å². The molecule has 2 N–H and O–H groups in total. The Bertz CT molecular complexity index is 427. The van der Waals surface area contributed by atoms with Crippen LogP contribution in [0.3, 0.4) is 0 Å². The summed E-state index contributed by atoms with van der Waals surface area (Å²) in [6.07, 6.45) is 7.54. The topological polar surface area (TPSA) is 49.3 Å². The van der Waals surface area contributed by atoms with Gasteiger partial charge in [0.05, 0.1) is 10.7 Å². The van der Waals surface area contributed by atoms with E-state index in [9.17, 15) is 0 Å². The third kappa shape index (κ3) is 6.95. The van der Waals surface area contributed by atoms with Gasteiger partial charge in [-0.3, -0.25) is 4.99 Å². The second-order valence-electron chi connectivity index (χ2n) is 5.35. The van der Waals surface area contributed by atoms with E-state index in [4.69, 9.17) is 0 Å². The van der Waals surface area contributed by atoms with Gasteiger partial charge in [-0.1, -0.05) is 19.3 Å². The van der Waals surface area contributed by atoms with Gasteiger partial charge in [0.2, 0.25) is 0 Å². The average molecular weight is 422 g/mol. The third-order valence-electron chi connectivity index (χ3n) is 3.59. The van der Waals surface area contributed by atoms with Crippen LogP contribution in [0.2, 0.25) is 0 Å². The van der Waals surface area contributed by atoms with E-state index in [2.05, 4.69) is 32.9 Å². The largest absolute Gasteiger partial charge is 0.357 e. The summed E-state index contributed by atoms with van der Waals surface area (Å²) in [6, 6.07) is 0.600. The number of aryl methyl sites for hydroxylation is 1. The lowest BCUT2D eigenvalue weighted by Gasteiger charge is -2.24. The number of thiazole rings is 1. The van der Waals surface area contributed by atoms with Gasteiger partial charge < -0.3 is 10.6 Å². The summed E-state index contributed by atoms with van der Waals surface area (Å²) in [5.41, 5.74) is 1.16. The van der Waals surface area contributed by atoms with Crippen LogP contribution in [-0.4, -0.2) is 30.1 Å². The molecule has 1 saturated carbocycles. The first kappa shape index (κ1) is 18.7. The molecule has 0 saturated heterocycles. The van der Waals surface area contributed by atoms with Crippen LogP contribution >= 0.6 is 35.3 Å². The van der Waals surface area contributed by atoms with Crippen LogP contribution in [0.15, 0.2) is 10.4 Å². The maximum absolute atomic E-state index is 4.67. The second kappa shape index (κ2) is 10.4. The number of hydrogen-bond acceptors (Lipinski definition) is 3. The fourth-order valence-electron chi connectivity index (χ4n) is 2.57. The highest BCUT2D eigenvalue weighted by Gasteiger charge is 2.14. The van der Waals surface area contributed by atoms with Gasteiger partial charge in [0.15, 0.2) is 5.96 Å². The van der Waals surface area contributed by atoms with Gasteiger partial charge in [0.25, 0.3) is 0 Å². The number of aliphatic imine (C=N–C) groups is 1. The van der Waals surface area contributed by atoms with Crippen molar-refractivity contribution in [1.29, 1.82) is 0 Å². The molecule has 1 aliphatic rings. The molecular formula is C15H27IN4S. The molecule has 1 heterocycles. The van der Waals surface area contributed by atoms with Crippen molar-refractivity contribution in [2.24, 2.45) is 4.99 Å². The molecule has 0 bridgehead atoms. The predicted molar refractivity (Wildman–Crippen MR) is 102 cm³/mol. The fraction of sp³-hybridized carbons (Fsp3) is 0.733. The number of rotatable bonds is 5. The number of nitrogens with one attached hydrogen (secondary N) is 2. The maximum atomic E-state index is 4.67. The van der Waals surface area contributed by atoms with E-state index in [1.165, 1.54) is 32.1 Å². The summed E-state index contributed by atoms with van der Waals surface area (Å²) < 4.78 is 0. The van der Waals surface area contributed by atoms with Crippen molar-refractivity contribution in [2.75, 3.05) is 13.1 Å². The standard InChI is InChI=1S/C15H26N4S.HI/c1-3-16-15(19-13-7-5-4-6-8-13)17-10-9-14-11-20-12(2)18-14;/h11,13H,3-10H2,1-2H3,(H2,16,17,19);1H. The van der Waals surface area contributed by atoms with Gasteiger partial charge in [-0.2, -0.15) is 0 Å². The number of guanidine groups is 1. The van der Waals surface area contributed by atoms with E-state index >= 15 is 0 Å². The highest BCUT2D eigenvalue weighted by molar-refractivity contribution is 14.0. The Labute approximate surface area is 149 Å². The lowest BCUT2D eigenvalue weighted by molar-refractivity contribution is 0.410. The zero-order chi connectivity index (χ0) is 14.2. The smallest absolute Gasteiger partial charge is 0.191 e. The Hall–Kier alpha value is -0.370. The Kier molecular flexibility index (Phi) is 9.23. The van der Waals surface area contributed by atoms with Gasteiger partial charge in [0, 0.05) is 30.9 Å². The molecule has 6 heteroatoms. The lowest BCUT2D eigenvalue weighted by atomic mass is 9.96. The molecule has 1 fully saturated rings. The van der Waals surface area contributed by atoms with Crippen molar-refractivity contribution in [3.05, 3.63) is 16.1 Å². The Morgan fingerprint density at radius 1 is 1.38 bits per heavy atom. The van der Waals surface area contributed by atoms with E-state index in [-0.39, 0.29) is 24.0 Å². The van der Waals surface area contributed by atoms with Crippen LogP contribution in [0.4, 0.5) is 0 Å². The minimum Gasteiger partial charge on any atom is -0.357 e. The van der Waals surface area contributed by atoms with Gasteiger partial charge in [-0.05, 0) is 26.7 Å². The minimum atomic E-state index is 0. The quantitative estimate of drug-likeness (QED) is 0.434. The molecular weight excluding hydrogens is 395 g/mol. The van der Waals surface area contributed by atoms with Crippen LogP contribution in [0.1, 0.15) is 49.7 Å². The highest BCUT2D eigenvalue weighted by Crippen LogP contribution is 2.17. The van der Waals surface area contributed by atoms with Crippen molar-refractivity contribution in [3.63, 3.8) is 0 Å². The average Bonchev–Trinajstić information content (AvgIpc) is 2.86. The van der Waals surface area contributed by atoms with Gasteiger partial charge in [0.1, 0.15) is 0 Å². The van der Waals surface area contributed by atoms with Gasteiger partial charge in [-0.15, -0.1) is 35.3 Å². The summed E-state index contributed by atoms with van der Waals surface area (Å²) in [6.45, 7) is 5.87. The Balaban J connectivity index is 0.00000220. The first-order valence-electron chi connectivity index (χ1n) is 7.73. The summed E-state index contributed by atoms with van der Waals surface area (Å²) in [5.74, 6) is 0.964. The van der Waals surface area contributed by atoms with Crippen LogP contribution in [-0.2, 0) is 6.42 Å². The zero-order valence-corrected chi connectivity index (χ0v) is 16.2. The van der Waals surface area contributed by atoms with Crippen molar-refractivity contribution < 1.29 is 0 Å². The normalized spacial score (nSPS) is 16.4. The fourth-order valence-corrected chi connectivity index (χ4v) is 3.21. The van der Waals surface area contributed by atoms with Gasteiger partial charge in [-0.25, -0.2) is 4.98 Å². The summed E-state index contributed by atoms with van der Waals surface area (Å²) >= 11 is 1.71. The molecule has 120 valence electrons. The van der Waals surface area contributed by atoms with E-state index in [0.717, 1.165) is 36.2 Å². The Morgan fingerprint density at radius 3 is 2.76 bits per heavy atom. The third-order valence-corrected chi connectivity index (χ3v) is 4.42. The number of halogens is 1. The second-order valence-corrected chi connectivity index (χ2v) is 6.41. The van der Waals surface area contributed by atoms with E-state index in [1.54, 1.807) is 11.3 Å². The molecule has 0 atom stereocenters. The molecule has 2 rings (SSSR count). The summed E-state index contributed by atoms with van der Waals surface area (Å²) in [7, 11) is 0. The van der Waals surface area contributed by atoms with Crippen molar-refractivity contribution >= 4 is 41.3 Å². The van der Waals surface area contributed by atoms with Gasteiger partial charge >= 0.3 is 0 Å². The van der Waals surface area contributed by atoms with Crippen molar-refractivity contribution in [1.82, 2.24) is 15.6 Å². The number of nitrogens with zero attached hydrogens (tertiary/aromatic N) is 2. The van der Waals surface area contributed by atoms with E-state index in [1.807, 2.05) is 6.92 Å². The monoisotopic (exact) mass is 422 g/mol. The molecule has 1 aromatic heterocycles. The lowest BCUT2D eigenvalue weighted by Crippen LogP contribution is -2.44. The molecule has 21 heavy (non-hydrogen) atoms. The minimum absolute atomic E-state index is 0. The molecule has 0 unspecified atom stereocenters. The van der Waals surface area contributed by atoms with E-state index < -0.39 is 0 Å². The van der Waals surface area contributed by atoms with Crippen LogP contribution in [0, 0.1) is 6.92 Å². The zero-order valence-electron chi connectivity index (χ0n) is 13.0. The summed E-state index contributed by atoms with van der Waals surface area (Å²) in [4.78, 5) is 9.15. The molecule has 1 aromatic rings. The summed E-state index contributed by atoms with van der Waals surface area (Å²) in [5, 5.41) is 10.2. The molecule has 0 aromatic carbocycles. The molecule has 0 spiro atoms. The Morgan fingerprint density at radius 2 is 2.14 bits per heavy atom. The number of aromatic nitrogens is 1. The van der Waals surface area contributed by atoms with Crippen LogP contribution in [0.25, 0.3) is 0 Å². The van der Waals surface area contributed by atoms with Crippen LogP contribution in [0.5, 0.6) is 0 Å². The molecule has 1 aliphatic carbocycles. The molecule has 0 amide bonds. The molecule has 4 nitrogen and oxygen atoms in total. The van der Waals surface area contributed by atoms with Crippen molar-refractivity contribution in [3.8, 4) is 0 Å². The van der Waals surface area contributed by atoms with Crippen molar-refractivity contribution in [2.45, 2.75) is 58.4 Å². The highest BCUT2D eigenvalue weighted by atomic mass is 127. The first-order valence-corrected chi connectivity index (χ1v) is 8.61. The van der Waals surface area contributed by atoms with Crippen LogP contribution < -0.4 is 10.6 Å². The molecule has 0 aliphatic heterocycles. The first-order chi connectivity index (χ1) is 9.78. The number of hydrogen-bond donors (Lipinski definition) is 2. The SMILES string of the molecule is CCNC(=NCCc1csc(C)n1)NC1CCCCC1.I. The molecule has 0 radical (unpaired) electrons. The predicted octanol–water partition coefficient (Wildman–Crippen LogP) is 3.50.